The Labute approximate surface area is 126 Å². The predicted octanol–water partition coefficient (Wildman–Crippen LogP) is 3.87. The molecule has 0 heterocycles. The largest absolute Gasteiger partial charge is 0.493 e. The van der Waals surface area contributed by atoms with Crippen molar-refractivity contribution in [2.24, 2.45) is 5.92 Å². The zero-order chi connectivity index (χ0) is 15.2. The van der Waals surface area contributed by atoms with E-state index in [1.165, 1.54) is 19.3 Å². The van der Waals surface area contributed by atoms with Gasteiger partial charge in [-0.3, -0.25) is 4.79 Å². The number of Topliss-reactive ketones (excluding diaryl/α,β-unsaturated/α-hetero) is 1. The number of methoxy groups -OCH3 is 3. The van der Waals surface area contributed by atoms with Crippen molar-refractivity contribution in [2.45, 2.75) is 38.5 Å². The molecule has 4 heteroatoms. The summed E-state index contributed by atoms with van der Waals surface area (Å²) in [6.45, 7) is 0. The second-order valence-electron chi connectivity index (χ2n) is 5.51. The van der Waals surface area contributed by atoms with Crippen LogP contribution in [-0.4, -0.2) is 27.1 Å². The minimum Gasteiger partial charge on any atom is -0.493 e. The van der Waals surface area contributed by atoms with Crippen LogP contribution in [0.5, 0.6) is 17.2 Å². The van der Waals surface area contributed by atoms with E-state index in [1.54, 1.807) is 33.5 Å². The lowest BCUT2D eigenvalue weighted by Gasteiger charge is -2.21. The molecule has 116 valence electrons. The standard InChI is InChI=1S/C17H24O4/c1-19-15-10-9-13(16(20-2)17(15)21-3)14(18)11-12-7-5-4-6-8-12/h9-10,12H,4-8,11H2,1-3H3. The van der Waals surface area contributed by atoms with Gasteiger partial charge in [0.15, 0.2) is 17.3 Å². The first-order valence-corrected chi connectivity index (χ1v) is 7.53. The van der Waals surface area contributed by atoms with Gasteiger partial charge in [0.05, 0.1) is 26.9 Å². The molecule has 0 aliphatic heterocycles. The highest BCUT2D eigenvalue weighted by Crippen LogP contribution is 2.40. The van der Waals surface area contributed by atoms with Gasteiger partial charge < -0.3 is 14.2 Å². The molecule has 0 amide bonds. The Kier molecular flexibility index (Phi) is 5.48. The topological polar surface area (TPSA) is 44.8 Å². The van der Waals surface area contributed by atoms with Crippen molar-refractivity contribution in [3.05, 3.63) is 17.7 Å². The fourth-order valence-corrected chi connectivity index (χ4v) is 3.08. The Balaban J connectivity index is 2.23. The average molecular weight is 292 g/mol. The third-order valence-corrected chi connectivity index (χ3v) is 4.20. The maximum absolute atomic E-state index is 12.6. The first-order valence-electron chi connectivity index (χ1n) is 7.53. The summed E-state index contributed by atoms with van der Waals surface area (Å²) in [5, 5.41) is 0. The molecule has 0 aromatic heterocycles. The first kappa shape index (κ1) is 15.7. The van der Waals surface area contributed by atoms with Crippen LogP contribution in [0.2, 0.25) is 0 Å². The lowest BCUT2D eigenvalue weighted by atomic mass is 9.84. The Morgan fingerprint density at radius 1 is 1.00 bits per heavy atom. The molecule has 2 rings (SSSR count). The number of hydrogen-bond acceptors (Lipinski definition) is 4. The minimum absolute atomic E-state index is 0.125. The molecule has 0 radical (unpaired) electrons. The lowest BCUT2D eigenvalue weighted by Crippen LogP contribution is -2.13. The van der Waals surface area contributed by atoms with Crippen molar-refractivity contribution in [2.75, 3.05) is 21.3 Å². The molecule has 1 aromatic carbocycles. The SMILES string of the molecule is COc1ccc(C(=O)CC2CCCCC2)c(OC)c1OC. The van der Waals surface area contributed by atoms with Gasteiger partial charge in [-0.2, -0.15) is 0 Å². The van der Waals surface area contributed by atoms with Gasteiger partial charge in [0.2, 0.25) is 5.75 Å². The molecule has 0 unspecified atom stereocenters. The summed E-state index contributed by atoms with van der Waals surface area (Å²) in [7, 11) is 4.67. The van der Waals surface area contributed by atoms with E-state index in [0.29, 0.717) is 35.2 Å². The zero-order valence-electron chi connectivity index (χ0n) is 13.1. The summed E-state index contributed by atoms with van der Waals surface area (Å²) < 4.78 is 16.0. The Bertz CT molecular complexity index is 490. The lowest BCUT2D eigenvalue weighted by molar-refractivity contribution is 0.0946. The van der Waals surface area contributed by atoms with Crippen molar-refractivity contribution in [1.29, 1.82) is 0 Å². The molecule has 0 saturated heterocycles. The first-order chi connectivity index (χ1) is 10.2. The summed E-state index contributed by atoms with van der Waals surface area (Å²) in [6.07, 6.45) is 6.67. The van der Waals surface area contributed by atoms with Gasteiger partial charge in [0.1, 0.15) is 0 Å². The smallest absolute Gasteiger partial charge is 0.204 e. The van der Waals surface area contributed by atoms with Crippen LogP contribution in [-0.2, 0) is 0 Å². The third-order valence-electron chi connectivity index (χ3n) is 4.20. The highest BCUT2D eigenvalue weighted by Gasteiger charge is 2.23. The molecule has 1 aliphatic carbocycles. The van der Waals surface area contributed by atoms with E-state index in [0.717, 1.165) is 12.8 Å². The monoisotopic (exact) mass is 292 g/mol. The van der Waals surface area contributed by atoms with Crippen LogP contribution in [0.15, 0.2) is 12.1 Å². The molecule has 1 saturated carbocycles. The Morgan fingerprint density at radius 3 is 2.24 bits per heavy atom. The van der Waals surface area contributed by atoms with Gasteiger partial charge in [-0.25, -0.2) is 0 Å². The van der Waals surface area contributed by atoms with Crippen LogP contribution in [0.4, 0.5) is 0 Å². The highest BCUT2D eigenvalue weighted by molar-refractivity contribution is 6.00. The number of carbonyl (C=O) groups excluding carboxylic acids is 1. The van der Waals surface area contributed by atoms with Gasteiger partial charge in [-0.1, -0.05) is 32.1 Å². The quantitative estimate of drug-likeness (QED) is 0.747. The van der Waals surface area contributed by atoms with Crippen LogP contribution >= 0.6 is 0 Å². The predicted molar refractivity (Wildman–Crippen MR) is 81.6 cm³/mol. The van der Waals surface area contributed by atoms with E-state index in [-0.39, 0.29) is 5.78 Å². The normalized spacial score (nSPS) is 15.6. The van der Waals surface area contributed by atoms with Crippen molar-refractivity contribution >= 4 is 5.78 Å². The number of ketones is 1. The van der Waals surface area contributed by atoms with Crippen molar-refractivity contribution < 1.29 is 19.0 Å². The Morgan fingerprint density at radius 2 is 1.67 bits per heavy atom. The van der Waals surface area contributed by atoms with E-state index >= 15 is 0 Å². The minimum atomic E-state index is 0.125. The number of benzene rings is 1. The second-order valence-corrected chi connectivity index (χ2v) is 5.51. The van der Waals surface area contributed by atoms with Crippen molar-refractivity contribution in [1.82, 2.24) is 0 Å². The van der Waals surface area contributed by atoms with Crippen molar-refractivity contribution in [3.8, 4) is 17.2 Å². The second kappa shape index (κ2) is 7.34. The molecule has 1 fully saturated rings. The van der Waals surface area contributed by atoms with Crippen molar-refractivity contribution in [3.63, 3.8) is 0 Å². The van der Waals surface area contributed by atoms with Gasteiger partial charge in [0, 0.05) is 6.42 Å². The fourth-order valence-electron chi connectivity index (χ4n) is 3.08. The highest BCUT2D eigenvalue weighted by atomic mass is 16.5. The molecule has 0 bridgehead atoms. The van der Waals surface area contributed by atoms with Crippen LogP contribution < -0.4 is 14.2 Å². The molecule has 0 N–H and O–H groups in total. The summed E-state index contributed by atoms with van der Waals surface area (Å²) in [5.74, 6) is 2.15. The number of ether oxygens (including phenoxy) is 3. The summed E-state index contributed by atoms with van der Waals surface area (Å²) in [6, 6.07) is 3.53. The maximum atomic E-state index is 12.6. The van der Waals surface area contributed by atoms with Gasteiger partial charge >= 0.3 is 0 Å². The number of carbonyl (C=O) groups is 1. The summed E-state index contributed by atoms with van der Waals surface area (Å²) in [4.78, 5) is 12.6. The molecule has 4 nitrogen and oxygen atoms in total. The van der Waals surface area contributed by atoms with E-state index in [2.05, 4.69) is 0 Å². The molecule has 1 aromatic rings. The van der Waals surface area contributed by atoms with E-state index < -0.39 is 0 Å². The molecule has 0 spiro atoms. The maximum Gasteiger partial charge on any atom is 0.204 e. The van der Waals surface area contributed by atoms with Gasteiger partial charge in [-0.05, 0) is 18.1 Å². The number of hydrogen-bond donors (Lipinski definition) is 0. The van der Waals surface area contributed by atoms with E-state index in [1.807, 2.05) is 0 Å². The van der Waals surface area contributed by atoms with Gasteiger partial charge in [-0.15, -0.1) is 0 Å². The summed E-state index contributed by atoms with van der Waals surface area (Å²) in [5.41, 5.74) is 0.584. The molecule has 21 heavy (non-hydrogen) atoms. The third kappa shape index (κ3) is 3.49. The van der Waals surface area contributed by atoms with E-state index in [4.69, 9.17) is 14.2 Å². The average Bonchev–Trinajstić information content (AvgIpc) is 2.53. The Hall–Kier alpha value is -1.71. The zero-order valence-corrected chi connectivity index (χ0v) is 13.1. The van der Waals surface area contributed by atoms with Gasteiger partial charge in [0.25, 0.3) is 0 Å². The fraction of sp³-hybridized carbons (Fsp3) is 0.588. The van der Waals surface area contributed by atoms with Crippen LogP contribution in [0.3, 0.4) is 0 Å². The molecular weight excluding hydrogens is 268 g/mol. The molecule has 1 aliphatic rings. The van der Waals surface area contributed by atoms with E-state index in [9.17, 15) is 4.79 Å². The number of rotatable bonds is 6. The van der Waals surface area contributed by atoms with Crippen LogP contribution in [0, 0.1) is 5.92 Å². The van der Waals surface area contributed by atoms with Crippen LogP contribution in [0.1, 0.15) is 48.9 Å². The molecular formula is C17H24O4. The van der Waals surface area contributed by atoms with Crippen LogP contribution in [0.25, 0.3) is 0 Å². The summed E-state index contributed by atoms with van der Waals surface area (Å²) >= 11 is 0. The molecule has 0 atom stereocenters.